The number of anilines is 1. The number of nitrogens with one attached hydrogen (secondary N) is 2. The number of hydrogen-bond acceptors (Lipinski definition) is 5. The molecule has 2 heterocycles. The summed E-state index contributed by atoms with van der Waals surface area (Å²) in [5.74, 6) is 1.11. The Kier molecular flexibility index (Phi) is 3.47. The Hall–Kier alpha value is -3.18. The number of hydrogen-bond donors (Lipinski definition) is 3. The number of para-hydroxylation sites is 1. The maximum absolute atomic E-state index is 10.2. The average Bonchev–Trinajstić information content (AvgIpc) is 2.63. The Morgan fingerprint density at radius 1 is 0.923 bits per heavy atom. The summed E-state index contributed by atoms with van der Waals surface area (Å²) in [6.45, 7) is 1.89. The van der Waals surface area contributed by atoms with E-state index in [-0.39, 0.29) is 5.75 Å². The number of nitrogens with zero attached hydrogens (tertiary/aromatic N) is 2. The SMILES string of the molecule is Oc1cc(-c2cccc3c(NC4CNC4)ncnc23)c2ccccc2c1. The topological polar surface area (TPSA) is 70.1 Å². The third-order valence-electron chi connectivity index (χ3n) is 4.92. The van der Waals surface area contributed by atoms with Crippen LogP contribution in [0.15, 0.2) is 60.9 Å². The molecule has 5 rings (SSSR count). The van der Waals surface area contributed by atoms with Gasteiger partial charge in [-0.1, -0.05) is 36.4 Å². The van der Waals surface area contributed by atoms with Gasteiger partial charge in [0.25, 0.3) is 0 Å². The van der Waals surface area contributed by atoms with Crippen LogP contribution in [0, 0.1) is 0 Å². The molecule has 1 fully saturated rings. The van der Waals surface area contributed by atoms with Crippen LogP contribution in [0.4, 0.5) is 5.82 Å². The number of aromatic nitrogens is 2. The van der Waals surface area contributed by atoms with Crippen LogP contribution in [-0.4, -0.2) is 34.2 Å². The molecule has 0 amide bonds. The second-order valence-corrected chi connectivity index (χ2v) is 6.64. The number of aromatic hydroxyl groups is 1. The number of rotatable bonds is 3. The number of fused-ring (bicyclic) bond motifs is 2. The summed E-state index contributed by atoms with van der Waals surface area (Å²) in [5, 5.41) is 20.0. The van der Waals surface area contributed by atoms with Crippen molar-refractivity contribution in [2.75, 3.05) is 18.4 Å². The van der Waals surface area contributed by atoms with Crippen molar-refractivity contribution in [3.8, 4) is 16.9 Å². The quantitative estimate of drug-likeness (QED) is 0.531. The van der Waals surface area contributed by atoms with E-state index < -0.39 is 0 Å². The fourth-order valence-corrected chi connectivity index (χ4v) is 3.52. The molecular formula is C21H18N4O. The van der Waals surface area contributed by atoms with Crippen molar-refractivity contribution in [2.45, 2.75) is 6.04 Å². The number of benzene rings is 3. The summed E-state index contributed by atoms with van der Waals surface area (Å²) < 4.78 is 0. The van der Waals surface area contributed by atoms with Crippen molar-refractivity contribution < 1.29 is 5.11 Å². The highest BCUT2D eigenvalue weighted by atomic mass is 16.3. The van der Waals surface area contributed by atoms with E-state index in [2.05, 4.69) is 26.7 Å². The van der Waals surface area contributed by atoms with E-state index in [0.717, 1.165) is 51.7 Å². The van der Waals surface area contributed by atoms with Gasteiger partial charge in [0, 0.05) is 24.0 Å². The van der Waals surface area contributed by atoms with Crippen molar-refractivity contribution in [1.29, 1.82) is 0 Å². The van der Waals surface area contributed by atoms with Crippen LogP contribution in [0.5, 0.6) is 5.75 Å². The zero-order chi connectivity index (χ0) is 17.5. The average molecular weight is 342 g/mol. The Labute approximate surface area is 150 Å². The molecule has 5 nitrogen and oxygen atoms in total. The van der Waals surface area contributed by atoms with Crippen LogP contribution in [0.3, 0.4) is 0 Å². The second-order valence-electron chi connectivity index (χ2n) is 6.64. The summed E-state index contributed by atoms with van der Waals surface area (Å²) in [7, 11) is 0. The molecule has 26 heavy (non-hydrogen) atoms. The van der Waals surface area contributed by atoms with E-state index in [1.165, 1.54) is 0 Å². The third kappa shape index (κ3) is 2.45. The summed E-state index contributed by atoms with van der Waals surface area (Å²) in [4.78, 5) is 9.00. The predicted molar refractivity (Wildman–Crippen MR) is 104 cm³/mol. The lowest BCUT2D eigenvalue weighted by Gasteiger charge is -2.28. The molecule has 0 spiro atoms. The maximum atomic E-state index is 10.2. The van der Waals surface area contributed by atoms with Gasteiger partial charge < -0.3 is 15.7 Å². The first-order chi connectivity index (χ1) is 12.8. The van der Waals surface area contributed by atoms with E-state index in [4.69, 9.17) is 0 Å². The van der Waals surface area contributed by atoms with Crippen LogP contribution >= 0.6 is 0 Å². The molecule has 0 aliphatic carbocycles. The van der Waals surface area contributed by atoms with E-state index in [0.29, 0.717) is 6.04 Å². The standard InChI is InChI=1S/C21H18N4O/c26-15-8-13-4-1-2-5-16(13)19(9-15)17-6-3-7-18-20(17)23-12-24-21(18)25-14-10-22-11-14/h1-9,12,14,22,26H,10-11H2,(H,23,24,25). The molecule has 5 heteroatoms. The van der Waals surface area contributed by atoms with E-state index in [9.17, 15) is 5.11 Å². The Morgan fingerprint density at radius 2 is 1.77 bits per heavy atom. The molecule has 0 atom stereocenters. The first-order valence-electron chi connectivity index (χ1n) is 8.73. The third-order valence-corrected chi connectivity index (χ3v) is 4.92. The summed E-state index contributed by atoms with van der Waals surface area (Å²) in [5.41, 5.74) is 2.85. The molecular weight excluding hydrogens is 324 g/mol. The van der Waals surface area contributed by atoms with E-state index in [1.54, 1.807) is 12.4 Å². The summed E-state index contributed by atoms with van der Waals surface area (Å²) in [6.07, 6.45) is 1.60. The predicted octanol–water partition coefficient (Wildman–Crippen LogP) is 3.54. The number of phenols is 1. The maximum Gasteiger partial charge on any atom is 0.137 e. The monoisotopic (exact) mass is 342 g/mol. The van der Waals surface area contributed by atoms with Crippen LogP contribution < -0.4 is 10.6 Å². The summed E-state index contributed by atoms with van der Waals surface area (Å²) in [6, 6.07) is 18.2. The molecule has 3 aromatic carbocycles. The van der Waals surface area contributed by atoms with Crippen molar-refractivity contribution in [3.05, 3.63) is 60.9 Å². The van der Waals surface area contributed by atoms with Gasteiger partial charge in [-0.25, -0.2) is 9.97 Å². The Bertz CT molecular complexity index is 1120. The smallest absolute Gasteiger partial charge is 0.137 e. The highest BCUT2D eigenvalue weighted by molar-refractivity contribution is 6.06. The van der Waals surface area contributed by atoms with Gasteiger partial charge in [0.2, 0.25) is 0 Å². The fraction of sp³-hybridized carbons (Fsp3) is 0.143. The van der Waals surface area contributed by atoms with Crippen molar-refractivity contribution in [3.63, 3.8) is 0 Å². The Balaban J connectivity index is 1.74. The molecule has 3 N–H and O–H groups in total. The molecule has 0 radical (unpaired) electrons. The first kappa shape index (κ1) is 15.1. The minimum absolute atomic E-state index is 0.253. The van der Waals surface area contributed by atoms with Crippen molar-refractivity contribution >= 4 is 27.5 Å². The minimum atomic E-state index is 0.253. The van der Waals surface area contributed by atoms with Crippen LogP contribution in [0.2, 0.25) is 0 Å². The largest absolute Gasteiger partial charge is 0.508 e. The van der Waals surface area contributed by atoms with Gasteiger partial charge in [0.1, 0.15) is 17.9 Å². The minimum Gasteiger partial charge on any atom is -0.508 e. The zero-order valence-electron chi connectivity index (χ0n) is 14.1. The van der Waals surface area contributed by atoms with Crippen LogP contribution in [0.25, 0.3) is 32.8 Å². The lowest BCUT2D eigenvalue weighted by atomic mass is 9.96. The Morgan fingerprint density at radius 3 is 2.62 bits per heavy atom. The zero-order valence-corrected chi connectivity index (χ0v) is 14.1. The number of phenolic OH excluding ortho intramolecular Hbond substituents is 1. The van der Waals surface area contributed by atoms with E-state index in [1.807, 2.05) is 42.5 Å². The van der Waals surface area contributed by atoms with Gasteiger partial charge in [-0.05, 0) is 34.5 Å². The molecule has 128 valence electrons. The van der Waals surface area contributed by atoms with Crippen LogP contribution in [0.1, 0.15) is 0 Å². The highest BCUT2D eigenvalue weighted by Gasteiger charge is 2.19. The molecule has 4 aromatic rings. The first-order valence-corrected chi connectivity index (χ1v) is 8.73. The molecule has 1 aliphatic heterocycles. The second kappa shape index (κ2) is 5.97. The van der Waals surface area contributed by atoms with Crippen molar-refractivity contribution in [1.82, 2.24) is 15.3 Å². The van der Waals surface area contributed by atoms with Gasteiger partial charge in [0.05, 0.1) is 11.6 Å². The van der Waals surface area contributed by atoms with Gasteiger partial charge in [0.15, 0.2) is 0 Å². The van der Waals surface area contributed by atoms with Crippen LogP contribution in [-0.2, 0) is 0 Å². The lowest BCUT2D eigenvalue weighted by Crippen LogP contribution is -2.51. The van der Waals surface area contributed by atoms with Gasteiger partial charge >= 0.3 is 0 Å². The molecule has 0 saturated carbocycles. The molecule has 1 saturated heterocycles. The normalized spacial score (nSPS) is 14.5. The van der Waals surface area contributed by atoms with Crippen molar-refractivity contribution in [2.24, 2.45) is 0 Å². The molecule has 0 bridgehead atoms. The highest BCUT2D eigenvalue weighted by Crippen LogP contribution is 2.36. The van der Waals surface area contributed by atoms with E-state index >= 15 is 0 Å². The van der Waals surface area contributed by atoms with Gasteiger partial charge in [-0.2, -0.15) is 0 Å². The van der Waals surface area contributed by atoms with Gasteiger partial charge in [-0.15, -0.1) is 0 Å². The molecule has 1 aromatic heterocycles. The molecule has 0 unspecified atom stereocenters. The van der Waals surface area contributed by atoms with Gasteiger partial charge in [-0.3, -0.25) is 0 Å². The lowest BCUT2D eigenvalue weighted by molar-refractivity contribution is 0.471. The fourth-order valence-electron chi connectivity index (χ4n) is 3.52. The molecule has 1 aliphatic rings. The summed E-state index contributed by atoms with van der Waals surface area (Å²) >= 11 is 0.